The molecule has 1 N–H and O–H groups in total. The van der Waals surface area contributed by atoms with Crippen LogP contribution in [0.1, 0.15) is 53.4 Å². The maximum absolute atomic E-state index is 11.5. The van der Waals surface area contributed by atoms with Gasteiger partial charge in [0.05, 0.1) is 12.7 Å². The van der Waals surface area contributed by atoms with Crippen LogP contribution >= 0.6 is 0 Å². The number of allylic oxidation sites excluding steroid dienone is 3. The maximum Gasteiger partial charge on any atom is 0.379 e. The number of carbonyl (C=O) groups is 2. The van der Waals surface area contributed by atoms with Crippen molar-refractivity contribution in [3.05, 3.63) is 35.5 Å². The lowest BCUT2D eigenvalue weighted by molar-refractivity contribution is -0.151. The van der Waals surface area contributed by atoms with Crippen molar-refractivity contribution in [1.29, 1.82) is 0 Å². The van der Waals surface area contributed by atoms with E-state index in [9.17, 15) is 14.7 Å². The van der Waals surface area contributed by atoms with Crippen molar-refractivity contribution in [2.45, 2.75) is 59.5 Å². The molecule has 0 bridgehead atoms. The summed E-state index contributed by atoms with van der Waals surface area (Å²) in [4.78, 5) is 22.7. The fourth-order valence-electron chi connectivity index (χ4n) is 1.82. The van der Waals surface area contributed by atoms with Crippen molar-refractivity contribution in [2.24, 2.45) is 0 Å². The zero-order valence-corrected chi connectivity index (χ0v) is 14.1. The predicted molar refractivity (Wildman–Crippen MR) is 88.4 cm³/mol. The highest BCUT2D eigenvalue weighted by Crippen LogP contribution is 2.14. The number of esters is 1. The minimum absolute atomic E-state index is 0.161. The van der Waals surface area contributed by atoms with Crippen molar-refractivity contribution < 1.29 is 19.4 Å². The number of ketones is 1. The number of ether oxygens (including phenoxy) is 1. The molecule has 0 aliphatic carbocycles. The molecule has 0 aliphatic rings. The van der Waals surface area contributed by atoms with Crippen molar-refractivity contribution in [2.75, 3.05) is 6.61 Å². The fourth-order valence-corrected chi connectivity index (χ4v) is 1.82. The molecule has 1 unspecified atom stereocenters. The van der Waals surface area contributed by atoms with Crippen molar-refractivity contribution in [3.8, 4) is 0 Å². The summed E-state index contributed by atoms with van der Waals surface area (Å²) in [5.41, 5.74) is 2.83. The second-order valence-electron chi connectivity index (χ2n) is 5.57. The van der Waals surface area contributed by atoms with Gasteiger partial charge >= 0.3 is 5.97 Å². The van der Waals surface area contributed by atoms with E-state index in [-0.39, 0.29) is 6.61 Å². The average molecular weight is 308 g/mol. The van der Waals surface area contributed by atoms with E-state index >= 15 is 0 Å². The van der Waals surface area contributed by atoms with Crippen LogP contribution < -0.4 is 0 Å². The molecule has 1 atom stereocenters. The van der Waals surface area contributed by atoms with Crippen LogP contribution in [0, 0.1) is 0 Å². The number of rotatable bonds is 10. The van der Waals surface area contributed by atoms with E-state index in [2.05, 4.69) is 17.4 Å². The summed E-state index contributed by atoms with van der Waals surface area (Å²) < 4.78 is 4.62. The van der Waals surface area contributed by atoms with Crippen LogP contribution in [0.4, 0.5) is 0 Å². The largest absolute Gasteiger partial charge is 0.460 e. The van der Waals surface area contributed by atoms with E-state index in [1.807, 2.05) is 13.8 Å². The summed E-state index contributed by atoms with van der Waals surface area (Å²) in [6.45, 7) is 11.3. The molecule has 0 spiro atoms. The highest BCUT2D eigenvalue weighted by Gasteiger charge is 2.14. The van der Waals surface area contributed by atoms with Gasteiger partial charge in [-0.3, -0.25) is 4.79 Å². The minimum atomic E-state index is -0.884. The van der Waals surface area contributed by atoms with Gasteiger partial charge in [-0.25, -0.2) is 4.79 Å². The van der Waals surface area contributed by atoms with Gasteiger partial charge in [-0.1, -0.05) is 17.2 Å². The lowest BCUT2D eigenvalue weighted by Crippen LogP contribution is -2.17. The zero-order chi connectivity index (χ0) is 17.1. The summed E-state index contributed by atoms with van der Waals surface area (Å²) in [5, 5.41) is 10.0. The molecule has 0 aliphatic heterocycles. The predicted octanol–water partition coefficient (Wildman–Crippen LogP) is 3.51. The lowest BCUT2D eigenvalue weighted by atomic mass is 10.0. The summed E-state index contributed by atoms with van der Waals surface area (Å²) in [6.07, 6.45) is 5.75. The van der Waals surface area contributed by atoms with Crippen LogP contribution in [-0.2, 0) is 14.3 Å². The van der Waals surface area contributed by atoms with Gasteiger partial charge in [-0.05, 0) is 65.0 Å². The van der Waals surface area contributed by atoms with Crippen LogP contribution in [0.25, 0.3) is 0 Å². The molecule has 4 heteroatoms. The number of carbonyl (C=O) groups excluding carboxylic acids is 2. The Kier molecular flexibility index (Phi) is 10.1. The molecule has 124 valence electrons. The van der Waals surface area contributed by atoms with Gasteiger partial charge in [0.15, 0.2) is 0 Å². The van der Waals surface area contributed by atoms with Gasteiger partial charge in [-0.2, -0.15) is 0 Å². The molecule has 0 aromatic heterocycles. The topological polar surface area (TPSA) is 63.6 Å². The van der Waals surface area contributed by atoms with Crippen LogP contribution in [0.15, 0.2) is 35.5 Å². The molecule has 0 saturated carbocycles. The standard InChI is InChI=1S/C18H28O4/c1-6-22-18(21)17(20)12-15(5)16(19)11-10-14(4)9-7-8-13(2)3/h9,12,16,19H,2,6-8,10-11H2,1,3-5H3/b14-9+,15-12-. The number of aliphatic hydroxyl groups is 1. The third kappa shape index (κ3) is 9.29. The smallest absolute Gasteiger partial charge is 0.379 e. The molecular weight excluding hydrogens is 280 g/mol. The first-order valence-corrected chi connectivity index (χ1v) is 7.65. The zero-order valence-electron chi connectivity index (χ0n) is 14.1. The number of hydrogen-bond acceptors (Lipinski definition) is 4. The van der Waals surface area contributed by atoms with Crippen molar-refractivity contribution in [3.63, 3.8) is 0 Å². The Bertz CT molecular complexity index is 458. The molecule has 0 saturated heterocycles. The van der Waals surface area contributed by atoms with E-state index in [1.54, 1.807) is 13.8 Å². The van der Waals surface area contributed by atoms with Gasteiger partial charge in [-0.15, -0.1) is 6.58 Å². The van der Waals surface area contributed by atoms with Crippen molar-refractivity contribution >= 4 is 11.8 Å². The minimum Gasteiger partial charge on any atom is -0.460 e. The highest BCUT2D eigenvalue weighted by molar-refractivity contribution is 6.38. The molecule has 0 aromatic carbocycles. The van der Waals surface area contributed by atoms with E-state index in [0.717, 1.165) is 30.9 Å². The van der Waals surface area contributed by atoms with Gasteiger partial charge in [0.2, 0.25) is 0 Å². The second kappa shape index (κ2) is 11.0. The molecule has 0 fully saturated rings. The molecule has 0 rings (SSSR count). The monoisotopic (exact) mass is 308 g/mol. The van der Waals surface area contributed by atoms with Gasteiger partial charge in [0, 0.05) is 0 Å². The van der Waals surface area contributed by atoms with Crippen LogP contribution in [0.3, 0.4) is 0 Å². The molecular formula is C18H28O4. The Labute approximate surface area is 133 Å². The van der Waals surface area contributed by atoms with Crippen LogP contribution in [0.5, 0.6) is 0 Å². The summed E-state index contributed by atoms with van der Waals surface area (Å²) in [6, 6.07) is 0. The van der Waals surface area contributed by atoms with E-state index in [1.165, 1.54) is 5.57 Å². The number of aliphatic hydroxyl groups excluding tert-OH is 1. The quantitative estimate of drug-likeness (QED) is 0.290. The second-order valence-corrected chi connectivity index (χ2v) is 5.57. The van der Waals surface area contributed by atoms with E-state index in [0.29, 0.717) is 12.0 Å². The highest BCUT2D eigenvalue weighted by atomic mass is 16.5. The molecule has 0 radical (unpaired) electrons. The molecule has 0 heterocycles. The first kappa shape index (κ1) is 20.3. The van der Waals surface area contributed by atoms with Crippen LogP contribution in [0.2, 0.25) is 0 Å². The summed E-state index contributed by atoms with van der Waals surface area (Å²) in [5.74, 6) is -1.61. The van der Waals surface area contributed by atoms with E-state index < -0.39 is 17.9 Å². The Morgan fingerprint density at radius 1 is 1.23 bits per heavy atom. The maximum atomic E-state index is 11.5. The first-order valence-electron chi connectivity index (χ1n) is 7.65. The summed E-state index contributed by atoms with van der Waals surface area (Å²) in [7, 11) is 0. The molecule has 4 nitrogen and oxygen atoms in total. The first-order chi connectivity index (χ1) is 10.3. The van der Waals surface area contributed by atoms with E-state index in [4.69, 9.17) is 0 Å². The molecule has 0 amide bonds. The van der Waals surface area contributed by atoms with Gasteiger partial charge in [0.1, 0.15) is 0 Å². The molecule has 0 aromatic rings. The van der Waals surface area contributed by atoms with Gasteiger partial charge in [0.25, 0.3) is 5.78 Å². The third-order valence-electron chi connectivity index (χ3n) is 3.24. The number of hydrogen-bond donors (Lipinski definition) is 1. The Morgan fingerprint density at radius 3 is 2.41 bits per heavy atom. The van der Waals surface area contributed by atoms with Crippen molar-refractivity contribution in [1.82, 2.24) is 0 Å². The third-order valence-corrected chi connectivity index (χ3v) is 3.24. The fraction of sp³-hybridized carbons (Fsp3) is 0.556. The summed E-state index contributed by atoms with van der Waals surface area (Å²) >= 11 is 0. The Balaban J connectivity index is 4.35. The Hall–Kier alpha value is -1.68. The SMILES string of the molecule is C=C(C)CC/C=C(\C)CCC(O)/C(C)=C\C(=O)C(=O)OCC. The molecule has 22 heavy (non-hydrogen) atoms. The average Bonchev–Trinajstić information content (AvgIpc) is 2.44. The van der Waals surface area contributed by atoms with Crippen LogP contribution in [-0.4, -0.2) is 29.6 Å². The normalized spacial score (nSPS) is 13.7. The van der Waals surface area contributed by atoms with Gasteiger partial charge < -0.3 is 9.84 Å². The lowest BCUT2D eigenvalue weighted by Gasteiger charge is -2.11. The Morgan fingerprint density at radius 2 is 1.86 bits per heavy atom.